The van der Waals surface area contributed by atoms with Gasteiger partial charge in [0.1, 0.15) is 12.2 Å². The third kappa shape index (κ3) is 3.63. The number of carbonyl (C=O) groups is 2. The Hall–Kier alpha value is -2.24. The van der Waals surface area contributed by atoms with E-state index in [4.69, 9.17) is 9.47 Å². The van der Waals surface area contributed by atoms with Crippen molar-refractivity contribution in [2.45, 2.75) is 63.3 Å². The summed E-state index contributed by atoms with van der Waals surface area (Å²) in [5, 5.41) is 5.84. The molecule has 24 heavy (non-hydrogen) atoms. The van der Waals surface area contributed by atoms with Crippen LogP contribution in [0.5, 0.6) is 0 Å². The summed E-state index contributed by atoms with van der Waals surface area (Å²) in [5.74, 6) is 0. The molecular weight excluding hydrogens is 308 g/mol. The molecule has 3 aliphatic rings. The molecular formula is C18H24N2O4. The lowest BCUT2D eigenvalue weighted by Gasteiger charge is -2.69. The van der Waals surface area contributed by atoms with Gasteiger partial charge < -0.3 is 20.1 Å². The van der Waals surface area contributed by atoms with Gasteiger partial charge >= 0.3 is 12.2 Å². The molecule has 0 heterocycles. The Bertz CT molecular complexity index is 616. The number of nitrogens with one attached hydrogen (secondary N) is 2. The zero-order valence-corrected chi connectivity index (χ0v) is 14.3. The van der Waals surface area contributed by atoms with Gasteiger partial charge in [0.2, 0.25) is 0 Å². The van der Waals surface area contributed by atoms with Crippen LogP contribution in [0.1, 0.15) is 45.6 Å². The van der Waals surface area contributed by atoms with Crippen molar-refractivity contribution in [3.05, 3.63) is 35.9 Å². The predicted molar refractivity (Wildman–Crippen MR) is 88.4 cm³/mol. The lowest BCUT2D eigenvalue weighted by molar-refractivity contribution is -0.0998. The second-order valence-corrected chi connectivity index (χ2v) is 7.90. The minimum absolute atomic E-state index is 0.227. The van der Waals surface area contributed by atoms with Gasteiger partial charge in [-0.2, -0.15) is 0 Å². The van der Waals surface area contributed by atoms with E-state index >= 15 is 0 Å². The van der Waals surface area contributed by atoms with Crippen molar-refractivity contribution in [1.29, 1.82) is 0 Å². The Morgan fingerprint density at radius 2 is 1.54 bits per heavy atom. The molecule has 2 bridgehead atoms. The zero-order chi connectivity index (χ0) is 17.4. The molecule has 0 radical (unpaired) electrons. The molecule has 0 aromatic heterocycles. The van der Waals surface area contributed by atoms with Gasteiger partial charge in [-0.3, -0.25) is 0 Å². The molecule has 0 unspecified atom stereocenters. The van der Waals surface area contributed by atoms with Gasteiger partial charge in [0.25, 0.3) is 0 Å². The van der Waals surface area contributed by atoms with E-state index < -0.39 is 17.8 Å². The fraction of sp³-hybridized carbons (Fsp3) is 0.556. The maximum Gasteiger partial charge on any atom is 0.408 e. The van der Waals surface area contributed by atoms with E-state index in [9.17, 15) is 9.59 Å². The molecule has 1 aromatic rings. The molecule has 0 saturated heterocycles. The lowest BCUT2D eigenvalue weighted by atomic mass is 9.44. The number of rotatable bonds is 4. The van der Waals surface area contributed by atoms with Crippen LogP contribution in [0.25, 0.3) is 0 Å². The highest BCUT2D eigenvalue weighted by molar-refractivity contribution is 5.72. The minimum Gasteiger partial charge on any atom is -0.445 e. The van der Waals surface area contributed by atoms with Gasteiger partial charge in [-0.25, -0.2) is 9.59 Å². The predicted octanol–water partition coefficient (Wildman–Crippen LogP) is 3.11. The number of carbonyl (C=O) groups excluding carboxylic acids is 2. The van der Waals surface area contributed by atoms with Gasteiger partial charge in [0.05, 0.1) is 11.1 Å². The van der Waals surface area contributed by atoms with Crippen LogP contribution in [0.15, 0.2) is 30.3 Å². The molecule has 6 nitrogen and oxygen atoms in total. The highest BCUT2D eigenvalue weighted by Crippen LogP contribution is 2.60. The monoisotopic (exact) mass is 332 g/mol. The van der Waals surface area contributed by atoms with Gasteiger partial charge in [-0.05, 0) is 45.6 Å². The lowest BCUT2D eigenvalue weighted by Crippen LogP contribution is -2.83. The Morgan fingerprint density at radius 3 is 2.08 bits per heavy atom. The molecule has 3 fully saturated rings. The number of amides is 2. The molecule has 0 atom stereocenters. The number of hydrogen-bond acceptors (Lipinski definition) is 4. The summed E-state index contributed by atoms with van der Waals surface area (Å²) in [6, 6.07) is 9.55. The first-order valence-electron chi connectivity index (χ1n) is 8.19. The molecule has 3 aliphatic carbocycles. The quantitative estimate of drug-likeness (QED) is 0.888. The molecule has 0 spiro atoms. The van der Waals surface area contributed by atoms with E-state index in [1.54, 1.807) is 0 Å². The average molecular weight is 332 g/mol. The van der Waals surface area contributed by atoms with Gasteiger partial charge in [-0.15, -0.1) is 0 Å². The standard InChI is InChI=1S/C18H24N2O4/c1-16(2,3)24-15(22)20-18-10-17(11-18,12-18)19-14(21)23-9-13-7-5-4-6-8-13/h4-8H,9-12H2,1-3H3,(H,19,21)(H,20,22). The van der Waals surface area contributed by atoms with Gasteiger partial charge in [0, 0.05) is 0 Å². The second kappa shape index (κ2) is 5.69. The van der Waals surface area contributed by atoms with Crippen molar-refractivity contribution >= 4 is 12.2 Å². The van der Waals surface area contributed by atoms with Crippen LogP contribution in [0.4, 0.5) is 9.59 Å². The van der Waals surface area contributed by atoms with Crippen molar-refractivity contribution in [2.24, 2.45) is 0 Å². The maximum absolute atomic E-state index is 11.9. The minimum atomic E-state index is -0.509. The van der Waals surface area contributed by atoms with E-state index in [1.165, 1.54) is 0 Å². The van der Waals surface area contributed by atoms with Gasteiger partial charge in [-0.1, -0.05) is 30.3 Å². The molecule has 0 aliphatic heterocycles. The van der Waals surface area contributed by atoms with Crippen LogP contribution in [0, 0.1) is 0 Å². The molecule has 3 saturated carbocycles. The Morgan fingerprint density at radius 1 is 1.00 bits per heavy atom. The van der Waals surface area contributed by atoms with E-state index in [-0.39, 0.29) is 17.7 Å². The summed E-state index contributed by atoms with van der Waals surface area (Å²) in [6.45, 7) is 5.76. The summed E-state index contributed by atoms with van der Waals surface area (Å²) in [4.78, 5) is 23.8. The Balaban J connectivity index is 1.39. The smallest absolute Gasteiger partial charge is 0.408 e. The second-order valence-electron chi connectivity index (χ2n) is 7.90. The highest BCUT2D eigenvalue weighted by atomic mass is 16.6. The average Bonchev–Trinajstić information content (AvgIpc) is 2.40. The van der Waals surface area contributed by atoms with E-state index in [1.807, 2.05) is 51.1 Å². The Kier molecular flexibility index (Phi) is 3.94. The first kappa shape index (κ1) is 16.6. The molecule has 6 heteroatoms. The molecule has 2 N–H and O–H groups in total. The van der Waals surface area contributed by atoms with Crippen LogP contribution >= 0.6 is 0 Å². The number of alkyl carbamates (subject to hydrolysis) is 2. The van der Waals surface area contributed by atoms with E-state index in [0.29, 0.717) is 0 Å². The molecule has 1 aromatic carbocycles. The summed E-state index contributed by atoms with van der Waals surface area (Å²) >= 11 is 0. The third-order valence-electron chi connectivity index (χ3n) is 4.38. The first-order chi connectivity index (χ1) is 11.2. The van der Waals surface area contributed by atoms with E-state index in [2.05, 4.69) is 10.6 Å². The van der Waals surface area contributed by atoms with Crippen LogP contribution in [0.2, 0.25) is 0 Å². The van der Waals surface area contributed by atoms with Crippen LogP contribution in [-0.2, 0) is 16.1 Å². The van der Waals surface area contributed by atoms with E-state index in [0.717, 1.165) is 24.8 Å². The summed E-state index contributed by atoms with van der Waals surface area (Å²) in [7, 11) is 0. The van der Waals surface area contributed by atoms with Crippen molar-refractivity contribution < 1.29 is 19.1 Å². The SMILES string of the molecule is CC(C)(C)OC(=O)NC12CC(NC(=O)OCc3ccccc3)(C1)C2. The fourth-order valence-corrected chi connectivity index (χ4v) is 3.55. The zero-order valence-electron chi connectivity index (χ0n) is 14.3. The maximum atomic E-state index is 11.9. The largest absolute Gasteiger partial charge is 0.445 e. The normalized spacial score (nSPS) is 27.3. The van der Waals surface area contributed by atoms with Crippen molar-refractivity contribution in [1.82, 2.24) is 10.6 Å². The summed E-state index contributed by atoms with van der Waals surface area (Å²) < 4.78 is 10.5. The number of ether oxygens (including phenoxy) is 2. The van der Waals surface area contributed by atoms with Crippen LogP contribution in [-0.4, -0.2) is 28.9 Å². The van der Waals surface area contributed by atoms with Crippen molar-refractivity contribution in [3.63, 3.8) is 0 Å². The van der Waals surface area contributed by atoms with Crippen LogP contribution < -0.4 is 10.6 Å². The van der Waals surface area contributed by atoms with Crippen LogP contribution in [0.3, 0.4) is 0 Å². The highest BCUT2D eigenvalue weighted by Gasteiger charge is 2.69. The molecule has 4 rings (SSSR count). The fourth-order valence-electron chi connectivity index (χ4n) is 3.55. The topological polar surface area (TPSA) is 76.7 Å². The first-order valence-corrected chi connectivity index (χ1v) is 8.19. The Labute approximate surface area is 141 Å². The molecule has 2 amide bonds. The number of benzene rings is 1. The number of hydrogen-bond donors (Lipinski definition) is 2. The molecule has 130 valence electrons. The van der Waals surface area contributed by atoms with Crippen molar-refractivity contribution in [3.8, 4) is 0 Å². The van der Waals surface area contributed by atoms with Gasteiger partial charge in [0.15, 0.2) is 0 Å². The summed E-state index contributed by atoms with van der Waals surface area (Å²) in [6.07, 6.45) is 1.35. The summed E-state index contributed by atoms with van der Waals surface area (Å²) in [5.41, 5.74) is -0.0175. The third-order valence-corrected chi connectivity index (χ3v) is 4.38. The van der Waals surface area contributed by atoms with Crippen molar-refractivity contribution in [2.75, 3.05) is 0 Å².